The average molecular weight is 355 g/mol. The smallest absolute Gasteiger partial charge is 0.242 e. The lowest BCUT2D eigenvalue weighted by molar-refractivity contribution is -0.140. The zero-order valence-electron chi connectivity index (χ0n) is 12.9. The second-order valence-corrected chi connectivity index (χ2v) is 8.66. The summed E-state index contributed by atoms with van der Waals surface area (Å²) in [6, 6.07) is -0.0396. The molecule has 1 aliphatic rings. The summed E-state index contributed by atoms with van der Waals surface area (Å²) in [5, 5.41) is 0. The van der Waals surface area contributed by atoms with Crippen molar-refractivity contribution in [2.45, 2.75) is 50.6 Å². The van der Waals surface area contributed by atoms with E-state index in [1.54, 1.807) is 20.8 Å². The molecule has 0 radical (unpaired) electrons. The highest BCUT2D eigenvalue weighted by Crippen LogP contribution is 2.43. The average Bonchev–Trinajstić information content (AvgIpc) is 3.20. The Morgan fingerprint density at radius 2 is 1.70 bits per heavy atom. The molecule has 0 bridgehead atoms. The van der Waals surface area contributed by atoms with Gasteiger partial charge in [-0.3, -0.25) is 0 Å². The first-order valence-corrected chi connectivity index (χ1v) is 8.30. The molecule has 0 amide bonds. The maximum atomic E-state index is 14.1. The van der Waals surface area contributed by atoms with Gasteiger partial charge >= 0.3 is 6.18 Å². The zero-order valence-corrected chi connectivity index (χ0v) is 13.7. The van der Waals surface area contributed by atoms with Crippen LogP contribution in [0.15, 0.2) is 12.1 Å². The number of halogens is 5. The lowest BCUT2D eigenvalue weighted by Gasteiger charge is -2.25. The Morgan fingerprint density at radius 3 is 2.13 bits per heavy atom. The molecule has 0 saturated heterocycles. The first-order chi connectivity index (χ1) is 10.4. The summed E-state index contributed by atoms with van der Waals surface area (Å²) in [6.07, 6.45) is -3.51. The van der Waals surface area contributed by atoms with E-state index in [0.29, 0.717) is 6.07 Å². The van der Waals surface area contributed by atoms with Crippen LogP contribution in [-0.2, 0) is 17.2 Å². The van der Waals surface area contributed by atoms with Gasteiger partial charge in [-0.25, -0.2) is 17.7 Å². The normalized spacial score (nSPS) is 18.8. The molecule has 1 unspecified atom stereocenters. The molecule has 2 rings (SSSR count). The van der Waals surface area contributed by atoms with Crippen molar-refractivity contribution in [2.75, 3.05) is 0 Å². The highest BCUT2D eigenvalue weighted by atomic mass is 32.2. The van der Waals surface area contributed by atoms with Crippen molar-refractivity contribution in [1.82, 2.24) is 4.72 Å². The van der Waals surface area contributed by atoms with Crippen LogP contribution in [0.4, 0.5) is 22.0 Å². The molecular formula is C15H18F5NOS. The fourth-order valence-electron chi connectivity index (χ4n) is 2.15. The minimum atomic E-state index is -4.96. The van der Waals surface area contributed by atoms with Crippen molar-refractivity contribution >= 4 is 11.0 Å². The molecule has 1 aromatic rings. The standard InChI is InChI=1S/C15H18F5NOS/c1-14(2,3)23(22)21-13(8-4-5-8)9-6-12(17)10(7-11(9)16)15(18,19)20/h6-8,13,21H,4-5H2,1-3H3/t13-,23?/m1/s1. The van der Waals surface area contributed by atoms with Gasteiger partial charge in [0.1, 0.15) is 11.6 Å². The molecule has 130 valence electrons. The van der Waals surface area contributed by atoms with Crippen LogP contribution in [0.2, 0.25) is 0 Å². The Labute approximate surface area is 134 Å². The number of alkyl halides is 3. The van der Waals surface area contributed by atoms with Gasteiger partial charge in [-0.05, 0) is 51.7 Å². The van der Waals surface area contributed by atoms with Crippen molar-refractivity contribution in [3.05, 3.63) is 34.9 Å². The summed E-state index contributed by atoms with van der Waals surface area (Å²) in [7, 11) is -1.55. The van der Waals surface area contributed by atoms with E-state index in [-0.39, 0.29) is 17.5 Å². The largest absolute Gasteiger partial charge is 0.419 e. The van der Waals surface area contributed by atoms with E-state index in [1.807, 2.05) is 0 Å². The maximum absolute atomic E-state index is 14.1. The van der Waals surface area contributed by atoms with E-state index in [9.17, 15) is 26.2 Å². The van der Waals surface area contributed by atoms with E-state index < -0.39 is 45.1 Å². The van der Waals surface area contributed by atoms with E-state index in [4.69, 9.17) is 0 Å². The van der Waals surface area contributed by atoms with Crippen LogP contribution in [0, 0.1) is 17.6 Å². The third-order valence-corrected chi connectivity index (χ3v) is 5.19. The summed E-state index contributed by atoms with van der Waals surface area (Å²) in [5.74, 6) is -2.73. The summed E-state index contributed by atoms with van der Waals surface area (Å²) < 4.78 is 80.1. The van der Waals surface area contributed by atoms with E-state index in [2.05, 4.69) is 4.72 Å². The van der Waals surface area contributed by atoms with Gasteiger partial charge in [0.15, 0.2) is 0 Å². The molecule has 23 heavy (non-hydrogen) atoms. The van der Waals surface area contributed by atoms with Crippen molar-refractivity contribution in [1.29, 1.82) is 0 Å². The molecule has 0 aromatic heterocycles. The fourth-order valence-corrected chi connectivity index (χ4v) is 3.06. The van der Waals surface area contributed by atoms with Gasteiger partial charge in [-0.1, -0.05) is 0 Å². The molecular weight excluding hydrogens is 337 g/mol. The number of hydrogen-bond acceptors (Lipinski definition) is 1. The first kappa shape index (κ1) is 18.3. The zero-order chi connectivity index (χ0) is 17.6. The SMILES string of the molecule is CC(C)(C)S(=O)N[C@@H](c1cc(F)c(C(F)(F)F)cc1F)C1CC1. The van der Waals surface area contributed by atoms with Crippen molar-refractivity contribution in [3.8, 4) is 0 Å². The quantitative estimate of drug-likeness (QED) is 0.793. The minimum Gasteiger partial charge on any atom is -0.242 e. The Morgan fingerprint density at radius 1 is 1.13 bits per heavy atom. The van der Waals surface area contributed by atoms with Gasteiger partial charge in [-0.2, -0.15) is 13.2 Å². The Balaban J connectivity index is 2.37. The maximum Gasteiger partial charge on any atom is 0.419 e. The lowest BCUT2D eigenvalue weighted by atomic mass is 10.0. The van der Waals surface area contributed by atoms with Crippen LogP contribution in [0.25, 0.3) is 0 Å². The first-order valence-electron chi connectivity index (χ1n) is 7.15. The predicted molar refractivity (Wildman–Crippen MR) is 77.9 cm³/mol. The second-order valence-electron chi connectivity index (χ2n) is 6.67. The molecule has 1 fully saturated rings. The van der Waals surface area contributed by atoms with Crippen LogP contribution in [-0.4, -0.2) is 8.96 Å². The van der Waals surface area contributed by atoms with E-state index >= 15 is 0 Å². The molecule has 2 nitrogen and oxygen atoms in total. The third kappa shape index (κ3) is 4.29. The Hall–Kier alpha value is -1.02. The van der Waals surface area contributed by atoms with Crippen molar-refractivity contribution in [2.24, 2.45) is 5.92 Å². The minimum absolute atomic E-state index is 0.0630. The number of benzene rings is 1. The van der Waals surface area contributed by atoms with Crippen LogP contribution in [0.5, 0.6) is 0 Å². The number of rotatable bonds is 4. The summed E-state index contributed by atoms with van der Waals surface area (Å²) in [4.78, 5) is 0. The number of nitrogens with one attached hydrogen (secondary N) is 1. The third-order valence-electron chi connectivity index (χ3n) is 3.61. The monoisotopic (exact) mass is 355 g/mol. The van der Waals surface area contributed by atoms with Gasteiger partial charge in [0.2, 0.25) is 0 Å². The number of hydrogen-bond donors (Lipinski definition) is 1. The van der Waals surface area contributed by atoms with Gasteiger partial charge in [0.25, 0.3) is 0 Å². The van der Waals surface area contributed by atoms with Gasteiger partial charge in [-0.15, -0.1) is 0 Å². The van der Waals surface area contributed by atoms with Gasteiger partial charge in [0.05, 0.1) is 27.3 Å². The van der Waals surface area contributed by atoms with Crippen molar-refractivity contribution in [3.63, 3.8) is 0 Å². The molecule has 1 saturated carbocycles. The summed E-state index contributed by atoms with van der Waals surface area (Å²) >= 11 is 0. The van der Waals surface area contributed by atoms with E-state index in [1.165, 1.54) is 0 Å². The molecule has 8 heteroatoms. The highest BCUT2D eigenvalue weighted by molar-refractivity contribution is 7.84. The molecule has 2 atom stereocenters. The molecule has 0 heterocycles. The molecule has 1 aromatic carbocycles. The predicted octanol–water partition coefficient (Wildman–Crippen LogP) is 4.49. The lowest BCUT2D eigenvalue weighted by Crippen LogP contribution is -2.37. The summed E-state index contributed by atoms with van der Waals surface area (Å²) in [6.45, 7) is 5.14. The molecule has 1 N–H and O–H groups in total. The second kappa shape index (κ2) is 6.12. The molecule has 1 aliphatic carbocycles. The Bertz CT molecular complexity index is 620. The molecule has 0 aliphatic heterocycles. The van der Waals surface area contributed by atoms with E-state index in [0.717, 1.165) is 12.8 Å². The van der Waals surface area contributed by atoms with Crippen LogP contribution in [0.1, 0.15) is 50.8 Å². The van der Waals surface area contributed by atoms with Crippen LogP contribution < -0.4 is 4.72 Å². The highest BCUT2D eigenvalue weighted by Gasteiger charge is 2.40. The van der Waals surface area contributed by atoms with Crippen molar-refractivity contribution < 1.29 is 26.2 Å². The van der Waals surface area contributed by atoms with Crippen LogP contribution >= 0.6 is 0 Å². The summed E-state index contributed by atoms with van der Waals surface area (Å²) in [5.41, 5.74) is -1.85. The van der Waals surface area contributed by atoms with Gasteiger partial charge < -0.3 is 0 Å². The topological polar surface area (TPSA) is 29.1 Å². The van der Waals surface area contributed by atoms with Crippen LogP contribution in [0.3, 0.4) is 0 Å². The molecule has 0 spiro atoms. The fraction of sp³-hybridized carbons (Fsp3) is 0.600. The Kier molecular flexibility index (Phi) is 4.88. The van der Waals surface area contributed by atoms with Gasteiger partial charge in [0, 0.05) is 5.56 Å².